The van der Waals surface area contributed by atoms with Crippen LogP contribution in [0.15, 0.2) is 83.6 Å². The van der Waals surface area contributed by atoms with E-state index in [-0.39, 0.29) is 11.8 Å². The maximum atomic E-state index is 12.6. The van der Waals surface area contributed by atoms with Crippen molar-refractivity contribution >= 4 is 16.8 Å². The van der Waals surface area contributed by atoms with E-state index in [0.717, 1.165) is 27.8 Å². The lowest BCUT2D eigenvalue weighted by Gasteiger charge is -2.17. The highest BCUT2D eigenvalue weighted by molar-refractivity contribution is 5.86. The first-order chi connectivity index (χ1) is 12.8. The molecule has 0 spiro atoms. The molecule has 1 atom stereocenters. The average Bonchev–Trinajstić information content (AvgIpc) is 3.35. The number of rotatable bonds is 6. The maximum Gasteiger partial charge on any atom is 0.221 e. The van der Waals surface area contributed by atoms with Crippen molar-refractivity contribution in [3.8, 4) is 0 Å². The first-order valence-electron chi connectivity index (χ1n) is 8.71. The zero-order chi connectivity index (χ0) is 17.8. The molecule has 2 N–H and O–H groups in total. The first kappa shape index (κ1) is 16.2. The number of para-hydroxylation sites is 1. The van der Waals surface area contributed by atoms with Crippen molar-refractivity contribution in [3.05, 3.63) is 96.1 Å². The van der Waals surface area contributed by atoms with Crippen molar-refractivity contribution in [2.45, 2.75) is 18.9 Å². The van der Waals surface area contributed by atoms with Gasteiger partial charge in [0.2, 0.25) is 5.91 Å². The molecular formula is C22H20N2O2. The Balaban J connectivity index is 1.60. The number of amides is 1. The first-order valence-corrected chi connectivity index (χ1v) is 8.71. The smallest absolute Gasteiger partial charge is 0.221 e. The van der Waals surface area contributed by atoms with Gasteiger partial charge in [-0.25, -0.2) is 0 Å². The predicted octanol–water partition coefficient (Wildman–Crippen LogP) is 4.60. The summed E-state index contributed by atoms with van der Waals surface area (Å²) in [4.78, 5) is 15.9. The SMILES string of the molecule is O=C(CC(c1ccccc1)c1c[nH]c2ccccc12)NCc1ccco1. The lowest BCUT2D eigenvalue weighted by Crippen LogP contribution is -2.24. The van der Waals surface area contributed by atoms with Gasteiger partial charge in [0.05, 0.1) is 12.8 Å². The van der Waals surface area contributed by atoms with Gasteiger partial charge in [-0.05, 0) is 29.3 Å². The van der Waals surface area contributed by atoms with Gasteiger partial charge in [0.15, 0.2) is 0 Å². The second-order valence-electron chi connectivity index (χ2n) is 6.31. The Bertz CT molecular complexity index is 987. The van der Waals surface area contributed by atoms with E-state index >= 15 is 0 Å². The van der Waals surface area contributed by atoms with Gasteiger partial charge < -0.3 is 14.7 Å². The van der Waals surface area contributed by atoms with Crippen LogP contribution in [-0.2, 0) is 11.3 Å². The summed E-state index contributed by atoms with van der Waals surface area (Å²) in [6.45, 7) is 0.404. The molecule has 0 aliphatic heterocycles. The second kappa shape index (κ2) is 7.31. The van der Waals surface area contributed by atoms with Crippen LogP contribution >= 0.6 is 0 Å². The van der Waals surface area contributed by atoms with Crippen molar-refractivity contribution < 1.29 is 9.21 Å². The molecule has 2 heterocycles. The van der Waals surface area contributed by atoms with Gasteiger partial charge in [-0.1, -0.05) is 48.5 Å². The van der Waals surface area contributed by atoms with E-state index in [9.17, 15) is 4.79 Å². The number of aromatic amines is 1. The van der Waals surface area contributed by atoms with Crippen molar-refractivity contribution in [1.82, 2.24) is 10.3 Å². The Hall–Kier alpha value is -3.27. The highest BCUT2D eigenvalue weighted by Crippen LogP contribution is 2.33. The molecule has 26 heavy (non-hydrogen) atoms. The summed E-state index contributed by atoms with van der Waals surface area (Å²) in [6, 6.07) is 22.0. The molecule has 4 rings (SSSR count). The minimum Gasteiger partial charge on any atom is -0.467 e. The van der Waals surface area contributed by atoms with Crippen molar-refractivity contribution in [1.29, 1.82) is 0 Å². The normalized spacial score (nSPS) is 12.2. The van der Waals surface area contributed by atoms with Crippen LogP contribution in [0.3, 0.4) is 0 Å². The van der Waals surface area contributed by atoms with Gasteiger partial charge in [-0.2, -0.15) is 0 Å². The topological polar surface area (TPSA) is 58.0 Å². The number of furan rings is 1. The Labute approximate surface area is 151 Å². The van der Waals surface area contributed by atoms with Gasteiger partial charge in [-0.15, -0.1) is 0 Å². The van der Waals surface area contributed by atoms with E-state index in [1.165, 1.54) is 0 Å². The van der Waals surface area contributed by atoms with Crippen LogP contribution in [0.2, 0.25) is 0 Å². The number of benzene rings is 2. The van der Waals surface area contributed by atoms with Crippen LogP contribution in [0.25, 0.3) is 10.9 Å². The third-order valence-corrected chi connectivity index (χ3v) is 4.63. The van der Waals surface area contributed by atoms with Crippen molar-refractivity contribution in [3.63, 3.8) is 0 Å². The maximum absolute atomic E-state index is 12.6. The lowest BCUT2D eigenvalue weighted by atomic mass is 9.88. The van der Waals surface area contributed by atoms with E-state index in [2.05, 4.69) is 34.6 Å². The van der Waals surface area contributed by atoms with Crippen molar-refractivity contribution in [2.24, 2.45) is 0 Å². The highest BCUT2D eigenvalue weighted by Gasteiger charge is 2.21. The van der Waals surface area contributed by atoms with Crippen LogP contribution in [0.1, 0.15) is 29.2 Å². The molecule has 4 aromatic rings. The molecular weight excluding hydrogens is 324 g/mol. The number of hydrogen-bond donors (Lipinski definition) is 2. The molecule has 4 heteroatoms. The minimum atomic E-state index is -0.0102. The quantitative estimate of drug-likeness (QED) is 0.537. The lowest BCUT2D eigenvalue weighted by molar-refractivity contribution is -0.121. The van der Waals surface area contributed by atoms with Gasteiger partial charge in [-0.3, -0.25) is 4.79 Å². The molecule has 0 fully saturated rings. The van der Waals surface area contributed by atoms with E-state index in [0.29, 0.717) is 13.0 Å². The summed E-state index contributed by atoms with van der Waals surface area (Å²) in [6.07, 6.45) is 4.01. The Morgan fingerprint density at radius 1 is 1.00 bits per heavy atom. The molecule has 0 radical (unpaired) electrons. The Morgan fingerprint density at radius 2 is 1.81 bits per heavy atom. The van der Waals surface area contributed by atoms with E-state index in [1.807, 2.05) is 48.7 Å². The fourth-order valence-electron chi connectivity index (χ4n) is 3.33. The van der Waals surface area contributed by atoms with Crippen LogP contribution in [0, 0.1) is 0 Å². The Kier molecular flexibility index (Phi) is 4.56. The van der Waals surface area contributed by atoms with E-state index in [4.69, 9.17) is 4.42 Å². The fourth-order valence-corrected chi connectivity index (χ4v) is 3.33. The summed E-state index contributed by atoms with van der Waals surface area (Å²) in [5, 5.41) is 4.11. The number of H-pyrrole nitrogens is 1. The molecule has 0 aliphatic carbocycles. The summed E-state index contributed by atoms with van der Waals surface area (Å²) in [5.41, 5.74) is 3.35. The average molecular weight is 344 g/mol. The van der Waals surface area contributed by atoms with Gasteiger partial charge in [0.25, 0.3) is 0 Å². The van der Waals surface area contributed by atoms with E-state index in [1.54, 1.807) is 6.26 Å². The Morgan fingerprint density at radius 3 is 2.62 bits per heavy atom. The summed E-state index contributed by atoms with van der Waals surface area (Å²) < 4.78 is 5.28. The molecule has 4 nitrogen and oxygen atoms in total. The molecule has 0 saturated heterocycles. The monoisotopic (exact) mass is 344 g/mol. The number of carbonyl (C=O) groups is 1. The number of fused-ring (bicyclic) bond motifs is 1. The number of carbonyl (C=O) groups excluding carboxylic acids is 1. The largest absolute Gasteiger partial charge is 0.467 e. The molecule has 1 unspecified atom stereocenters. The molecule has 1 amide bonds. The zero-order valence-electron chi connectivity index (χ0n) is 14.3. The number of hydrogen-bond acceptors (Lipinski definition) is 2. The van der Waals surface area contributed by atoms with Crippen LogP contribution in [-0.4, -0.2) is 10.9 Å². The van der Waals surface area contributed by atoms with Crippen LogP contribution in [0.5, 0.6) is 0 Å². The second-order valence-corrected chi connectivity index (χ2v) is 6.31. The van der Waals surface area contributed by atoms with Crippen molar-refractivity contribution in [2.75, 3.05) is 0 Å². The van der Waals surface area contributed by atoms with E-state index < -0.39 is 0 Å². The zero-order valence-corrected chi connectivity index (χ0v) is 14.3. The third kappa shape index (κ3) is 3.40. The third-order valence-electron chi connectivity index (χ3n) is 4.63. The number of aromatic nitrogens is 1. The molecule has 0 aliphatic rings. The summed E-state index contributed by atoms with van der Waals surface area (Å²) in [7, 11) is 0. The van der Waals surface area contributed by atoms with Gasteiger partial charge >= 0.3 is 0 Å². The molecule has 0 bridgehead atoms. The highest BCUT2D eigenvalue weighted by atomic mass is 16.3. The van der Waals surface area contributed by atoms with Crippen LogP contribution < -0.4 is 5.32 Å². The van der Waals surface area contributed by atoms with Crippen LogP contribution in [0.4, 0.5) is 0 Å². The molecule has 0 saturated carbocycles. The molecule has 2 aromatic heterocycles. The summed E-state index contributed by atoms with van der Waals surface area (Å²) in [5.74, 6) is 0.742. The predicted molar refractivity (Wildman–Crippen MR) is 102 cm³/mol. The number of nitrogens with one attached hydrogen (secondary N) is 2. The van der Waals surface area contributed by atoms with Gasteiger partial charge in [0.1, 0.15) is 5.76 Å². The molecule has 2 aromatic carbocycles. The molecule has 130 valence electrons. The van der Waals surface area contributed by atoms with Gasteiger partial charge in [0, 0.05) is 29.4 Å². The summed E-state index contributed by atoms with van der Waals surface area (Å²) >= 11 is 0. The minimum absolute atomic E-state index is 0.000495. The fraction of sp³-hybridized carbons (Fsp3) is 0.136. The standard InChI is InChI=1S/C22H20N2O2/c25-22(24-14-17-9-6-12-26-17)13-19(16-7-2-1-3-8-16)20-15-23-21-11-5-4-10-18(20)21/h1-12,15,19,23H,13-14H2,(H,24,25).